The summed E-state index contributed by atoms with van der Waals surface area (Å²) in [6.45, 7) is 2.61. The summed E-state index contributed by atoms with van der Waals surface area (Å²) < 4.78 is 11.3. The van der Waals surface area contributed by atoms with Gasteiger partial charge in [0.05, 0.1) is 24.4 Å². The van der Waals surface area contributed by atoms with Gasteiger partial charge in [0.1, 0.15) is 22.6 Å². The first-order valence-corrected chi connectivity index (χ1v) is 17.5. The number of aromatic nitrogens is 2. The van der Waals surface area contributed by atoms with Gasteiger partial charge in [-0.3, -0.25) is 14.9 Å². The van der Waals surface area contributed by atoms with E-state index in [9.17, 15) is 24.6 Å². The zero-order chi connectivity index (χ0) is 35.7. The van der Waals surface area contributed by atoms with Gasteiger partial charge in [0.25, 0.3) is 0 Å². The Morgan fingerprint density at radius 3 is 2.69 bits per heavy atom. The van der Waals surface area contributed by atoms with Crippen molar-refractivity contribution < 1.29 is 29.3 Å². The molecule has 2 amide bonds. The van der Waals surface area contributed by atoms with Gasteiger partial charge >= 0.3 is 6.09 Å². The van der Waals surface area contributed by atoms with Gasteiger partial charge in [0.15, 0.2) is 0 Å². The lowest BCUT2D eigenvalue weighted by atomic mass is 10.0. The summed E-state index contributed by atoms with van der Waals surface area (Å²) in [6.07, 6.45) is 1.80. The van der Waals surface area contributed by atoms with Crippen LogP contribution < -0.4 is 26.2 Å². The average Bonchev–Trinajstić information content (AvgIpc) is 3.67. The Kier molecular flexibility index (Phi) is 11.6. The molecule has 0 saturated carbocycles. The van der Waals surface area contributed by atoms with Crippen molar-refractivity contribution in [3.63, 3.8) is 0 Å². The third-order valence-corrected chi connectivity index (χ3v) is 9.59. The molecule has 1 aliphatic rings. The molecule has 1 unspecified atom stereocenters. The highest BCUT2D eigenvalue weighted by Gasteiger charge is 2.23. The quantitative estimate of drug-likeness (QED) is 0.0947. The van der Waals surface area contributed by atoms with Crippen LogP contribution in [0, 0.1) is 0 Å². The second kappa shape index (κ2) is 16.6. The molecule has 6 N–H and O–H groups in total. The number of likely N-dealkylation sites (tertiary alicyclic amines) is 1. The Bertz CT molecular complexity index is 2030. The maximum Gasteiger partial charge on any atom is 0.411 e. The van der Waals surface area contributed by atoms with E-state index in [1.165, 1.54) is 23.5 Å². The number of piperidine rings is 1. The average molecular weight is 713 g/mol. The minimum absolute atomic E-state index is 0.0666. The minimum atomic E-state index is -0.899. The third-order valence-electron chi connectivity index (χ3n) is 8.78. The second-order valence-corrected chi connectivity index (χ2v) is 13.1. The van der Waals surface area contributed by atoms with Crippen LogP contribution in [0.5, 0.6) is 11.5 Å². The Balaban J connectivity index is 0.922. The van der Waals surface area contributed by atoms with E-state index in [4.69, 9.17) is 9.47 Å². The molecule has 0 bridgehead atoms. The molecule has 0 aliphatic carbocycles. The maximum atomic E-state index is 12.8. The molecule has 0 spiro atoms. The van der Waals surface area contributed by atoms with Crippen LogP contribution in [-0.2, 0) is 16.1 Å². The summed E-state index contributed by atoms with van der Waals surface area (Å²) >= 11 is 1.50. The molecule has 3 heterocycles. The number of aromatic hydroxyl groups is 1. The number of para-hydroxylation sites is 1. The van der Waals surface area contributed by atoms with Crippen molar-refractivity contribution in [2.24, 2.45) is 0 Å². The first kappa shape index (κ1) is 35.5. The number of nitrogens with zero attached hydrogens (tertiary/aromatic N) is 2. The van der Waals surface area contributed by atoms with Crippen molar-refractivity contribution in [3.8, 4) is 22.1 Å². The van der Waals surface area contributed by atoms with Gasteiger partial charge in [-0.2, -0.15) is 0 Å². The van der Waals surface area contributed by atoms with Crippen molar-refractivity contribution in [1.29, 1.82) is 0 Å². The number of H-pyrrole nitrogens is 1. The third kappa shape index (κ3) is 9.10. The topological polar surface area (TPSA) is 178 Å². The summed E-state index contributed by atoms with van der Waals surface area (Å²) in [5.41, 5.74) is 3.46. The Hall–Kier alpha value is -5.28. The summed E-state index contributed by atoms with van der Waals surface area (Å²) in [6, 6.07) is 18.9. The van der Waals surface area contributed by atoms with Crippen molar-refractivity contribution >= 4 is 45.6 Å². The van der Waals surface area contributed by atoms with Crippen molar-refractivity contribution in [3.05, 3.63) is 99.8 Å². The number of phenolic OH excluding ortho intramolecular Hbond substituents is 1. The lowest BCUT2D eigenvalue weighted by molar-refractivity contribution is -0.116. The number of carbonyl (C=O) groups excluding carboxylic acids is 2. The van der Waals surface area contributed by atoms with E-state index in [0.717, 1.165) is 16.1 Å². The van der Waals surface area contributed by atoms with Gasteiger partial charge in [-0.25, -0.2) is 9.78 Å². The number of hydrogen-bond donors (Lipinski definition) is 6. The number of aliphatic hydroxyl groups is 1. The maximum absolute atomic E-state index is 12.8. The largest absolute Gasteiger partial charge is 0.506 e. The minimum Gasteiger partial charge on any atom is -0.506 e. The fourth-order valence-corrected chi connectivity index (χ4v) is 6.81. The van der Waals surface area contributed by atoms with Crippen molar-refractivity contribution in [1.82, 2.24) is 20.2 Å². The number of hydrogen-bond acceptors (Lipinski definition) is 11. The van der Waals surface area contributed by atoms with Crippen LogP contribution in [0.2, 0.25) is 0 Å². The van der Waals surface area contributed by atoms with Crippen LogP contribution in [0.15, 0.2) is 83.1 Å². The zero-order valence-electron chi connectivity index (χ0n) is 28.1. The number of anilines is 2. The predicted molar refractivity (Wildman–Crippen MR) is 196 cm³/mol. The molecule has 6 rings (SSSR count). The number of benzene rings is 3. The normalized spacial score (nSPS) is 14.2. The first-order chi connectivity index (χ1) is 24.8. The van der Waals surface area contributed by atoms with Crippen LogP contribution in [0.3, 0.4) is 0 Å². The van der Waals surface area contributed by atoms with E-state index < -0.39 is 12.2 Å². The molecule has 1 aliphatic heterocycles. The number of methoxy groups -OCH3 is 1. The number of pyridine rings is 1. The standard InChI is InChI=1S/C37H40N6O7S/c1-49-32-20-24(7-6-23(32)21-38-22-31(45)26-8-10-30(44)35-27(26)9-11-33(46)42-35)40-34(47)14-18-43-16-12-25(13-17-43)50-37(48)41-29-5-3-2-4-28(29)36-39-15-19-51-36/h2-11,15,19-20,25,31,38,44-45H,12-14,16-18,21-22H2,1H3,(H,40,47)(H,41,48)(H,42,46). The van der Waals surface area contributed by atoms with E-state index in [1.807, 2.05) is 35.7 Å². The number of phenols is 1. The number of carbonyl (C=O) groups is 2. The van der Waals surface area contributed by atoms with E-state index in [1.54, 1.807) is 37.6 Å². The van der Waals surface area contributed by atoms with Crippen molar-refractivity contribution in [2.45, 2.75) is 38.0 Å². The summed E-state index contributed by atoms with van der Waals surface area (Å²) in [5, 5.41) is 33.3. The molecular weight excluding hydrogens is 673 g/mol. The van der Waals surface area contributed by atoms with Crippen LogP contribution in [0.25, 0.3) is 21.5 Å². The Morgan fingerprint density at radius 2 is 1.90 bits per heavy atom. The van der Waals surface area contributed by atoms with Crippen LogP contribution in [-0.4, -0.2) is 76.5 Å². The number of amides is 2. The molecule has 266 valence electrons. The van der Waals surface area contributed by atoms with E-state index in [0.29, 0.717) is 73.5 Å². The molecular formula is C37H40N6O7S. The molecule has 13 nitrogen and oxygen atoms in total. The molecule has 1 saturated heterocycles. The SMILES string of the molecule is COc1cc(NC(=O)CCN2CCC(OC(=O)Nc3ccccc3-c3nccs3)CC2)ccc1CNCC(O)c1ccc(O)c2[nH]c(=O)ccc12. The van der Waals surface area contributed by atoms with Crippen LogP contribution in [0.4, 0.5) is 16.2 Å². The number of thiazole rings is 1. The Morgan fingerprint density at radius 1 is 1.08 bits per heavy atom. The molecule has 0 radical (unpaired) electrons. The molecule has 3 aromatic carbocycles. The molecule has 1 fully saturated rings. The van der Waals surface area contributed by atoms with Gasteiger partial charge in [-0.05, 0) is 48.7 Å². The number of ether oxygens (including phenoxy) is 2. The zero-order valence-corrected chi connectivity index (χ0v) is 28.9. The number of nitrogens with one attached hydrogen (secondary N) is 4. The fourth-order valence-electron chi connectivity index (χ4n) is 6.13. The number of rotatable bonds is 13. The van der Waals surface area contributed by atoms with Gasteiger partial charge in [-0.1, -0.05) is 24.3 Å². The van der Waals surface area contributed by atoms with Crippen molar-refractivity contribution in [2.75, 3.05) is 43.9 Å². The number of fused-ring (bicyclic) bond motifs is 1. The summed E-state index contributed by atoms with van der Waals surface area (Å²) in [7, 11) is 1.56. The highest BCUT2D eigenvalue weighted by Crippen LogP contribution is 2.31. The van der Waals surface area contributed by atoms with E-state index in [2.05, 4.69) is 30.8 Å². The second-order valence-electron chi connectivity index (χ2n) is 12.2. The smallest absolute Gasteiger partial charge is 0.411 e. The number of aliphatic hydroxyl groups excluding tert-OH is 1. The molecule has 51 heavy (non-hydrogen) atoms. The molecule has 1 atom stereocenters. The highest BCUT2D eigenvalue weighted by molar-refractivity contribution is 7.13. The van der Waals surface area contributed by atoms with E-state index >= 15 is 0 Å². The monoisotopic (exact) mass is 712 g/mol. The van der Waals surface area contributed by atoms with Gasteiger partial charge in [0, 0.05) is 85.1 Å². The molecule has 14 heteroatoms. The first-order valence-electron chi connectivity index (χ1n) is 16.7. The fraction of sp³-hybridized carbons (Fsp3) is 0.297. The van der Waals surface area contributed by atoms with E-state index in [-0.39, 0.29) is 35.4 Å². The molecule has 2 aromatic heterocycles. The highest BCUT2D eigenvalue weighted by atomic mass is 32.1. The van der Waals surface area contributed by atoms with Gasteiger partial charge in [-0.15, -0.1) is 11.3 Å². The summed E-state index contributed by atoms with van der Waals surface area (Å²) in [5.74, 6) is 0.397. The predicted octanol–water partition coefficient (Wildman–Crippen LogP) is 5.23. The molecule has 5 aromatic rings. The van der Waals surface area contributed by atoms with Gasteiger partial charge < -0.3 is 40.2 Å². The van der Waals surface area contributed by atoms with Gasteiger partial charge in [0.2, 0.25) is 11.5 Å². The van der Waals surface area contributed by atoms with Crippen LogP contribution in [0.1, 0.15) is 36.5 Å². The number of aromatic amines is 1. The lowest BCUT2D eigenvalue weighted by Gasteiger charge is -2.31. The Labute approximate surface area is 298 Å². The van der Waals surface area contributed by atoms with Crippen LogP contribution >= 0.6 is 11.3 Å². The summed E-state index contributed by atoms with van der Waals surface area (Å²) in [4.78, 5) is 46.3. The lowest BCUT2D eigenvalue weighted by Crippen LogP contribution is -2.39.